The summed E-state index contributed by atoms with van der Waals surface area (Å²) in [5.74, 6) is -0.224. The van der Waals surface area contributed by atoms with Crippen LogP contribution in [-0.2, 0) is 16.6 Å². The van der Waals surface area contributed by atoms with Crippen LogP contribution in [0.25, 0.3) is 0 Å². The van der Waals surface area contributed by atoms with Gasteiger partial charge in [-0.3, -0.25) is 4.79 Å². The molecule has 0 spiro atoms. The van der Waals surface area contributed by atoms with E-state index < -0.39 is 22.0 Å². The quantitative estimate of drug-likeness (QED) is 0.602. The van der Waals surface area contributed by atoms with Crippen LogP contribution in [0, 0.1) is 11.3 Å². The van der Waals surface area contributed by atoms with Crippen molar-refractivity contribution in [3.63, 3.8) is 0 Å². The van der Waals surface area contributed by atoms with Gasteiger partial charge in [0.25, 0.3) is 15.9 Å². The van der Waals surface area contributed by atoms with Gasteiger partial charge in [0, 0.05) is 16.8 Å². The molecule has 32 heavy (non-hydrogen) atoms. The summed E-state index contributed by atoms with van der Waals surface area (Å²) in [6.07, 6.45) is 1.33. The third-order valence-electron chi connectivity index (χ3n) is 4.63. The number of fused-ring (bicyclic) bond motifs is 1. The molecule has 0 radical (unpaired) electrons. The number of benzene rings is 2. The molecule has 2 heterocycles. The average Bonchev–Trinajstić information content (AvgIpc) is 2.78. The molecule has 2 aromatic carbocycles. The van der Waals surface area contributed by atoms with E-state index in [1.165, 1.54) is 42.6 Å². The minimum absolute atomic E-state index is 0.106. The third-order valence-corrected chi connectivity index (χ3v) is 6.63. The predicted octanol–water partition coefficient (Wildman–Crippen LogP) is 3.60. The van der Waals surface area contributed by atoms with Crippen molar-refractivity contribution in [1.29, 1.82) is 5.26 Å². The lowest BCUT2D eigenvalue weighted by Crippen LogP contribution is -2.43. The first-order valence-corrected chi connectivity index (χ1v) is 11.0. The van der Waals surface area contributed by atoms with Crippen molar-refractivity contribution in [2.75, 3.05) is 10.6 Å². The molecule has 0 bridgehead atoms. The number of sulfonamides is 1. The molecule has 2 N–H and O–H groups in total. The topological polar surface area (TPSA) is 132 Å². The zero-order valence-corrected chi connectivity index (χ0v) is 17.8. The van der Waals surface area contributed by atoms with E-state index in [2.05, 4.69) is 15.6 Å². The first-order chi connectivity index (χ1) is 15.3. The molecule has 1 aromatic heterocycles. The molecule has 11 heteroatoms. The molecule has 3 aromatic rings. The zero-order chi connectivity index (χ0) is 22.9. The average molecular weight is 468 g/mol. The third kappa shape index (κ3) is 4.12. The highest BCUT2D eigenvalue weighted by Crippen LogP contribution is 2.33. The van der Waals surface area contributed by atoms with Gasteiger partial charge in [-0.15, -0.1) is 0 Å². The second kappa shape index (κ2) is 8.30. The molecule has 1 aliphatic rings. The van der Waals surface area contributed by atoms with Gasteiger partial charge in [-0.1, -0.05) is 23.7 Å². The van der Waals surface area contributed by atoms with Gasteiger partial charge in [-0.05, 0) is 48.0 Å². The van der Waals surface area contributed by atoms with Crippen molar-refractivity contribution in [2.24, 2.45) is 0 Å². The Bertz CT molecular complexity index is 1380. The van der Waals surface area contributed by atoms with Crippen molar-refractivity contribution >= 4 is 45.1 Å². The van der Waals surface area contributed by atoms with Gasteiger partial charge in [0.2, 0.25) is 0 Å². The molecule has 4 rings (SSSR count). The van der Waals surface area contributed by atoms with Gasteiger partial charge in [0.15, 0.2) is 0 Å². The number of hydrogen-bond acceptors (Lipinski definition) is 6. The Labute approximate surface area is 188 Å². The Morgan fingerprint density at radius 2 is 2.00 bits per heavy atom. The zero-order valence-electron chi connectivity index (χ0n) is 16.2. The van der Waals surface area contributed by atoms with Crippen LogP contribution < -0.4 is 10.6 Å². The van der Waals surface area contributed by atoms with Crippen LogP contribution in [0.5, 0.6) is 0 Å². The van der Waals surface area contributed by atoms with E-state index in [9.17, 15) is 18.0 Å². The molecule has 9 nitrogen and oxygen atoms in total. The van der Waals surface area contributed by atoms with Crippen molar-refractivity contribution < 1.29 is 18.0 Å². The number of pyridine rings is 1. The lowest BCUT2D eigenvalue weighted by atomic mass is 10.1. The van der Waals surface area contributed by atoms with Crippen LogP contribution >= 0.6 is 11.6 Å². The van der Waals surface area contributed by atoms with E-state index in [0.717, 1.165) is 0 Å². The largest absolute Gasteiger partial charge is 0.336 e. The summed E-state index contributed by atoms with van der Waals surface area (Å²) in [5, 5.41) is 14.2. The molecule has 3 amide bonds. The lowest BCUT2D eigenvalue weighted by molar-refractivity contribution is 0.102. The summed E-state index contributed by atoms with van der Waals surface area (Å²) >= 11 is 5.93. The predicted molar refractivity (Wildman–Crippen MR) is 117 cm³/mol. The minimum atomic E-state index is -4.14. The fraction of sp³-hybridized carbons (Fsp3) is 0.0476. The molecule has 1 aliphatic heterocycles. The summed E-state index contributed by atoms with van der Waals surface area (Å²) in [4.78, 5) is 28.9. The fourth-order valence-corrected chi connectivity index (χ4v) is 4.80. The number of carbonyl (C=O) groups excluding carboxylic acids is 2. The van der Waals surface area contributed by atoms with Crippen molar-refractivity contribution in [3.05, 3.63) is 82.5 Å². The number of nitriles is 1. The van der Waals surface area contributed by atoms with E-state index in [1.807, 2.05) is 6.07 Å². The SMILES string of the molecule is N#Cc1ccc(NC(=O)c2cccc(CN3C(=O)Nc4ccc(Cl)cc4S3(=O)=O)c2)nc1. The molecule has 0 saturated heterocycles. The number of nitrogens with one attached hydrogen (secondary N) is 2. The number of nitrogens with zero attached hydrogens (tertiary/aromatic N) is 3. The highest BCUT2D eigenvalue weighted by Gasteiger charge is 2.36. The first-order valence-electron chi connectivity index (χ1n) is 9.17. The van der Waals surface area contributed by atoms with Crippen molar-refractivity contribution in [1.82, 2.24) is 9.29 Å². The monoisotopic (exact) mass is 467 g/mol. The number of carbonyl (C=O) groups is 2. The van der Waals surface area contributed by atoms with Crippen LogP contribution in [0.1, 0.15) is 21.5 Å². The number of urea groups is 1. The van der Waals surface area contributed by atoms with E-state index >= 15 is 0 Å². The molecule has 0 fully saturated rings. The Balaban J connectivity index is 1.56. The molecule has 0 unspecified atom stereocenters. The van der Waals surface area contributed by atoms with Gasteiger partial charge in [-0.2, -0.15) is 5.26 Å². The number of hydrogen-bond donors (Lipinski definition) is 2. The highest BCUT2D eigenvalue weighted by molar-refractivity contribution is 7.90. The summed E-state index contributed by atoms with van der Waals surface area (Å²) in [7, 11) is -4.14. The molecule has 0 saturated carbocycles. The number of amides is 3. The highest BCUT2D eigenvalue weighted by atomic mass is 35.5. The summed E-state index contributed by atoms with van der Waals surface area (Å²) in [6, 6.07) is 14.5. The Morgan fingerprint density at radius 3 is 2.72 bits per heavy atom. The number of aromatic nitrogens is 1. The maximum absolute atomic E-state index is 13.0. The second-order valence-corrected chi connectivity index (χ2v) is 9.05. The fourth-order valence-electron chi connectivity index (χ4n) is 3.07. The summed E-state index contributed by atoms with van der Waals surface area (Å²) in [6.45, 7) is -0.281. The Kier molecular flexibility index (Phi) is 5.52. The molecule has 0 aliphatic carbocycles. The van der Waals surface area contributed by atoms with Crippen LogP contribution in [-0.4, -0.2) is 29.6 Å². The van der Waals surface area contributed by atoms with E-state index in [0.29, 0.717) is 15.4 Å². The van der Waals surface area contributed by atoms with Crippen LogP contribution in [0.4, 0.5) is 16.3 Å². The molecular weight excluding hydrogens is 454 g/mol. The van der Waals surface area contributed by atoms with Gasteiger partial charge in [0.1, 0.15) is 16.8 Å². The van der Waals surface area contributed by atoms with Crippen LogP contribution in [0.15, 0.2) is 65.7 Å². The summed E-state index contributed by atoms with van der Waals surface area (Å²) in [5.41, 5.74) is 1.18. The lowest BCUT2D eigenvalue weighted by Gasteiger charge is -2.29. The van der Waals surface area contributed by atoms with Gasteiger partial charge in [0.05, 0.1) is 17.8 Å². The standard InChI is InChI=1S/C21H14ClN5O4S/c22-16-5-6-17-18(9-16)32(30,31)27(21(29)25-17)12-13-2-1-3-15(8-13)20(28)26-19-7-4-14(10-23)11-24-19/h1-9,11H,12H2,(H,25,29)(H,24,26,28). The van der Waals surface area contributed by atoms with E-state index in [4.69, 9.17) is 16.9 Å². The summed E-state index contributed by atoms with van der Waals surface area (Å²) < 4.78 is 26.6. The number of rotatable bonds is 4. The maximum Gasteiger partial charge on any atom is 0.336 e. The van der Waals surface area contributed by atoms with Gasteiger partial charge < -0.3 is 10.6 Å². The maximum atomic E-state index is 13.0. The van der Waals surface area contributed by atoms with Crippen LogP contribution in [0.2, 0.25) is 5.02 Å². The minimum Gasteiger partial charge on any atom is -0.307 e. The van der Waals surface area contributed by atoms with Crippen LogP contribution in [0.3, 0.4) is 0 Å². The molecule has 0 atom stereocenters. The smallest absolute Gasteiger partial charge is 0.307 e. The first kappa shape index (κ1) is 21.3. The van der Waals surface area contributed by atoms with E-state index in [-0.39, 0.29) is 33.5 Å². The Morgan fingerprint density at radius 1 is 1.19 bits per heavy atom. The van der Waals surface area contributed by atoms with Crippen molar-refractivity contribution in [2.45, 2.75) is 11.4 Å². The van der Waals surface area contributed by atoms with Crippen molar-refractivity contribution in [3.8, 4) is 6.07 Å². The van der Waals surface area contributed by atoms with Gasteiger partial charge in [-0.25, -0.2) is 22.5 Å². The van der Waals surface area contributed by atoms with Gasteiger partial charge >= 0.3 is 6.03 Å². The second-order valence-electron chi connectivity index (χ2n) is 6.78. The molecular formula is C21H14ClN5O4S. The Hall–Kier alpha value is -3.94. The number of anilines is 2. The number of halogens is 1. The normalized spacial score (nSPS) is 14.1. The molecule has 160 valence electrons. The van der Waals surface area contributed by atoms with E-state index in [1.54, 1.807) is 18.2 Å².